The summed E-state index contributed by atoms with van der Waals surface area (Å²) < 4.78 is 63.5. The van der Waals surface area contributed by atoms with Crippen LogP contribution in [0.3, 0.4) is 0 Å². The highest BCUT2D eigenvalue weighted by Gasteiger charge is 2.40. The summed E-state index contributed by atoms with van der Waals surface area (Å²) in [5, 5.41) is 0. The molecule has 1 N–H and O–H groups in total. The molecule has 0 aromatic carbocycles. The molecule has 4 heterocycles. The number of nitrogens with one attached hydrogen (secondary N) is 1. The summed E-state index contributed by atoms with van der Waals surface area (Å²) in [6, 6.07) is 1.82. The molecule has 4 rings (SSSR count). The van der Waals surface area contributed by atoms with Crippen molar-refractivity contribution in [3.8, 4) is 0 Å². The molecule has 0 unspecified atom stereocenters. The number of rotatable bonds is 4. The maximum atomic E-state index is 12.5. The number of fused-ring (bicyclic) bond motifs is 3. The maximum absolute atomic E-state index is 12.5. The van der Waals surface area contributed by atoms with Crippen molar-refractivity contribution in [2.45, 2.75) is 32.0 Å². The van der Waals surface area contributed by atoms with Gasteiger partial charge in [-0.25, -0.2) is 13.4 Å². The van der Waals surface area contributed by atoms with Gasteiger partial charge in [0.15, 0.2) is 5.82 Å². The van der Waals surface area contributed by atoms with Crippen molar-refractivity contribution in [3.63, 3.8) is 0 Å². The van der Waals surface area contributed by atoms with Crippen LogP contribution < -0.4 is 4.90 Å². The molecular weight excluding hydrogens is 395 g/mol. The molecule has 1 aromatic heterocycles. The van der Waals surface area contributed by atoms with Crippen LogP contribution in [0.25, 0.3) is 0 Å². The lowest BCUT2D eigenvalue weighted by molar-refractivity contribution is -0.130. The number of nitrogens with zero attached hydrogens (tertiary/aromatic N) is 4. The van der Waals surface area contributed by atoms with Gasteiger partial charge in [-0.05, 0) is 18.4 Å². The first kappa shape index (κ1) is 19.3. The molecule has 28 heavy (non-hydrogen) atoms. The maximum Gasteiger partial charge on any atom is 0.390 e. The van der Waals surface area contributed by atoms with E-state index >= 15 is 0 Å². The van der Waals surface area contributed by atoms with E-state index in [4.69, 9.17) is 0 Å². The van der Waals surface area contributed by atoms with Crippen LogP contribution >= 0.6 is 0 Å². The zero-order valence-corrected chi connectivity index (χ0v) is 16.2. The molecule has 0 amide bonds. The minimum Gasteiger partial charge on any atom is -0.353 e. The Kier molecular flexibility index (Phi) is 4.69. The molecule has 0 saturated carbocycles. The molecule has 0 spiro atoms. The Bertz CT molecular complexity index is 908. The number of aliphatic imine (C=N–C) groups is 1. The highest BCUT2D eigenvalue weighted by atomic mass is 32.2. The molecule has 7 nitrogen and oxygen atoms in total. The Morgan fingerprint density at radius 2 is 2.14 bits per heavy atom. The van der Waals surface area contributed by atoms with Crippen LogP contribution in [0.5, 0.6) is 0 Å². The van der Waals surface area contributed by atoms with E-state index in [0.717, 1.165) is 17.2 Å². The second-order valence-electron chi connectivity index (χ2n) is 7.48. The number of alkyl halides is 3. The Morgan fingerprint density at radius 3 is 2.89 bits per heavy atom. The molecule has 3 aliphatic rings. The Hall–Kier alpha value is -2.01. The lowest BCUT2D eigenvalue weighted by Gasteiger charge is -2.41. The Balaban J connectivity index is 1.48. The number of H-pyrrole nitrogens is 1. The number of anilines is 1. The number of hydrogen-bond acceptors (Lipinski definition) is 5. The van der Waals surface area contributed by atoms with Crippen LogP contribution in [-0.2, 0) is 10.0 Å². The van der Waals surface area contributed by atoms with Crippen LogP contribution in [0.1, 0.15) is 19.8 Å². The highest BCUT2D eigenvalue weighted by molar-refractivity contribution is 7.89. The van der Waals surface area contributed by atoms with Gasteiger partial charge in [-0.3, -0.25) is 0 Å². The summed E-state index contributed by atoms with van der Waals surface area (Å²) in [4.78, 5) is 11.6. The van der Waals surface area contributed by atoms with Crippen LogP contribution in [0.2, 0.25) is 0 Å². The second kappa shape index (κ2) is 6.80. The van der Waals surface area contributed by atoms with E-state index in [1.54, 1.807) is 6.21 Å². The van der Waals surface area contributed by atoms with E-state index in [1.165, 1.54) is 4.31 Å². The molecule has 2 atom stereocenters. The van der Waals surface area contributed by atoms with Crippen LogP contribution in [0.4, 0.5) is 24.7 Å². The fraction of sp³-hybridized carbons (Fsp3) is 0.588. The summed E-state index contributed by atoms with van der Waals surface area (Å²) >= 11 is 0. The molecule has 1 aromatic rings. The summed E-state index contributed by atoms with van der Waals surface area (Å²) in [7, 11) is -3.95. The summed E-state index contributed by atoms with van der Waals surface area (Å²) in [5.74, 6) is 0.0893. The normalized spacial score (nSPS) is 25.6. The van der Waals surface area contributed by atoms with Crippen molar-refractivity contribution in [2.75, 3.05) is 30.4 Å². The van der Waals surface area contributed by atoms with Gasteiger partial charge in [0.05, 0.1) is 36.4 Å². The number of sulfonamides is 1. The van der Waals surface area contributed by atoms with E-state index in [1.807, 2.05) is 18.5 Å². The van der Waals surface area contributed by atoms with Gasteiger partial charge < -0.3 is 14.8 Å². The second-order valence-corrected chi connectivity index (χ2v) is 9.57. The highest BCUT2D eigenvalue weighted by Crippen LogP contribution is 2.37. The molecule has 154 valence electrons. The smallest absolute Gasteiger partial charge is 0.353 e. The van der Waals surface area contributed by atoms with Crippen LogP contribution in [-0.4, -0.2) is 66.6 Å². The third-order valence-corrected chi connectivity index (χ3v) is 7.42. The monoisotopic (exact) mass is 417 g/mol. The predicted molar refractivity (Wildman–Crippen MR) is 99.8 cm³/mol. The molecule has 1 fully saturated rings. The third kappa shape index (κ3) is 3.64. The van der Waals surface area contributed by atoms with Gasteiger partial charge in [-0.2, -0.15) is 17.5 Å². The number of aromatic amines is 1. The van der Waals surface area contributed by atoms with Crippen LogP contribution in [0.15, 0.2) is 29.2 Å². The van der Waals surface area contributed by atoms with Gasteiger partial charge in [0, 0.05) is 31.5 Å². The summed E-state index contributed by atoms with van der Waals surface area (Å²) in [6.07, 6.45) is 0.327. The minimum absolute atomic E-state index is 0.108. The van der Waals surface area contributed by atoms with Crippen molar-refractivity contribution in [1.82, 2.24) is 14.2 Å². The van der Waals surface area contributed by atoms with Gasteiger partial charge in [0.2, 0.25) is 10.0 Å². The number of allylic oxidation sites excluding steroid dienone is 1. The zero-order valence-electron chi connectivity index (χ0n) is 15.4. The molecule has 0 bridgehead atoms. The average Bonchev–Trinajstić information content (AvgIpc) is 3.25. The van der Waals surface area contributed by atoms with Crippen molar-refractivity contribution in [1.29, 1.82) is 0 Å². The van der Waals surface area contributed by atoms with Gasteiger partial charge in [-0.1, -0.05) is 6.92 Å². The number of piperidine rings is 1. The minimum atomic E-state index is -4.48. The zero-order chi connectivity index (χ0) is 20.1. The van der Waals surface area contributed by atoms with E-state index in [2.05, 4.69) is 26.7 Å². The molecule has 0 aliphatic carbocycles. The standard InChI is InChI=1S/C17H22F3N5O2S/c1-12-3-6-24(28(26,27)7-4-17(18,19)20)10-15(12)23-9-13-8-22-16-14(2-5-21-16)25(13)11-23/h2,5,8-9,12,15,21H,3-4,6-7,10-11H2,1H3/t12-,15-/m0/s1. The number of halogens is 3. The summed E-state index contributed by atoms with van der Waals surface area (Å²) in [5.41, 5.74) is 1.87. The molecule has 11 heteroatoms. The molecule has 1 saturated heterocycles. The van der Waals surface area contributed by atoms with E-state index in [-0.39, 0.29) is 25.0 Å². The molecule has 3 aliphatic heterocycles. The fourth-order valence-corrected chi connectivity index (χ4v) is 5.44. The third-order valence-electron chi connectivity index (χ3n) is 5.58. The number of aromatic nitrogens is 1. The fourth-order valence-electron chi connectivity index (χ4n) is 3.93. The lowest BCUT2D eigenvalue weighted by Crippen LogP contribution is -2.53. The largest absolute Gasteiger partial charge is 0.390 e. The first-order chi connectivity index (χ1) is 13.1. The van der Waals surface area contributed by atoms with Crippen molar-refractivity contribution in [3.05, 3.63) is 24.2 Å². The van der Waals surface area contributed by atoms with Crippen molar-refractivity contribution >= 4 is 27.7 Å². The SMILES string of the molecule is C[C@H]1CCN(S(=O)(=O)CCC(F)(F)F)C[C@@H]1N1C=C2C=Nc3[nH]ccc3N2C1. The lowest BCUT2D eigenvalue weighted by atomic mass is 9.94. The Morgan fingerprint density at radius 1 is 1.36 bits per heavy atom. The summed E-state index contributed by atoms with van der Waals surface area (Å²) in [6.45, 7) is 3.05. The Labute approximate surface area is 161 Å². The van der Waals surface area contributed by atoms with Crippen molar-refractivity contribution < 1.29 is 21.6 Å². The van der Waals surface area contributed by atoms with Gasteiger partial charge in [-0.15, -0.1) is 0 Å². The van der Waals surface area contributed by atoms with E-state index in [0.29, 0.717) is 13.1 Å². The first-order valence-corrected chi connectivity index (χ1v) is 10.8. The predicted octanol–water partition coefficient (Wildman–Crippen LogP) is 2.64. The van der Waals surface area contributed by atoms with Gasteiger partial charge in [0.25, 0.3) is 0 Å². The van der Waals surface area contributed by atoms with Crippen molar-refractivity contribution in [2.24, 2.45) is 10.9 Å². The molecule has 0 radical (unpaired) electrons. The first-order valence-electron chi connectivity index (χ1n) is 9.15. The quantitative estimate of drug-likeness (QED) is 0.818. The average molecular weight is 417 g/mol. The van der Waals surface area contributed by atoms with Gasteiger partial charge in [0.1, 0.15) is 0 Å². The van der Waals surface area contributed by atoms with E-state index < -0.39 is 28.4 Å². The van der Waals surface area contributed by atoms with Gasteiger partial charge >= 0.3 is 6.18 Å². The molecular formula is C17H22F3N5O2S. The number of hydrogen-bond donors (Lipinski definition) is 1. The topological polar surface area (TPSA) is 72.0 Å². The van der Waals surface area contributed by atoms with E-state index in [9.17, 15) is 21.6 Å². The van der Waals surface area contributed by atoms with Crippen LogP contribution in [0, 0.1) is 5.92 Å².